The molecule has 6 nitrogen and oxygen atoms in total. The molecule has 1 aromatic carbocycles. The number of nitrogens with zero attached hydrogens (tertiary/aromatic N) is 2. The molecule has 2 N–H and O–H groups in total. The van der Waals surface area contributed by atoms with E-state index in [1.807, 2.05) is 19.9 Å². The van der Waals surface area contributed by atoms with Crippen molar-refractivity contribution in [3.8, 4) is 0 Å². The molecule has 1 fully saturated rings. The predicted molar refractivity (Wildman–Crippen MR) is 117 cm³/mol. The molecular formula is C19H32FIN4O2. The Morgan fingerprint density at radius 2 is 2.04 bits per heavy atom. The number of benzene rings is 1. The van der Waals surface area contributed by atoms with Crippen LogP contribution >= 0.6 is 24.0 Å². The van der Waals surface area contributed by atoms with Gasteiger partial charge >= 0.3 is 0 Å². The highest BCUT2D eigenvalue weighted by Gasteiger charge is 2.23. The van der Waals surface area contributed by atoms with Gasteiger partial charge in [-0.25, -0.2) is 4.39 Å². The van der Waals surface area contributed by atoms with Gasteiger partial charge in [0, 0.05) is 40.3 Å². The number of halogens is 2. The molecule has 0 saturated carbocycles. The van der Waals surface area contributed by atoms with Crippen molar-refractivity contribution in [2.45, 2.75) is 25.5 Å². The number of nitrogens with one attached hydrogen (secondary N) is 2. The Hall–Kier alpha value is -0.970. The molecular weight excluding hydrogens is 462 g/mol. The van der Waals surface area contributed by atoms with Crippen LogP contribution in [-0.4, -0.2) is 70.0 Å². The molecule has 0 bridgehead atoms. The molecule has 27 heavy (non-hydrogen) atoms. The van der Waals surface area contributed by atoms with E-state index in [0.717, 1.165) is 18.7 Å². The molecule has 1 aliphatic heterocycles. The van der Waals surface area contributed by atoms with Gasteiger partial charge in [0.25, 0.3) is 0 Å². The quantitative estimate of drug-likeness (QED) is 0.347. The highest BCUT2D eigenvalue weighted by atomic mass is 127. The number of rotatable bonds is 7. The molecule has 2 rings (SSSR count). The van der Waals surface area contributed by atoms with Gasteiger partial charge in [-0.1, -0.05) is 12.1 Å². The lowest BCUT2D eigenvalue weighted by Crippen LogP contribution is -2.49. The van der Waals surface area contributed by atoms with Crippen LogP contribution in [0.1, 0.15) is 25.5 Å². The largest absolute Gasteiger partial charge is 0.379 e. The second-order valence-electron chi connectivity index (χ2n) is 6.99. The molecule has 154 valence electrons. The van der Waals surface area contributed by atoms with Crippen LogP contribution in [-0.2, 0) is 9.47 Å². The smallest absolute Gasteiger partial charge is 0.191 e. The molecule has 1 unspecified atom stereocenters. The van der Waals surface area contributed by atoms with Crippen molar-refractivity contribution in [3.05, 3.63) is 35.6 Å². The van der Waals surface area contributed by atoms with Crippen LogP contribution in [0.3, 0.4) is 0 Å². The average Bonchev–Trinajstić information content (AvgIpc) is 2.65. The Kier molecular flexibility index (Phi) is 10.5. The maximum Gasteiger partial charge on any atom is 0.191 e. The minimum Gasteiger partial charge on any atom is -0.379 e. The van der Waals surface area contributed by atoms with Gasteiger partial charge in [0.15, 0.2) is 5.96 Å². The molecule has 0 spiro atoms. The Labute approximate surface area is 178 Å². The lowest BCUT2D eigenvalue weighted by Gasteiger charge is -2.35. The van der Waals surface area contributed by atoms with Crippen molar-refractivity contribution < 1.29 is 13.9 Å². The summed E-state index contributed by atoms with van der Waals surface area (Å²) in [6.45, 7) is 8.31. The number of morpholine rings is 1. The van der Waals surface area contributed by atoms with E-state index in [2.05, 4.69) is 20.5 Å². The Balaban J connectivity index is 0.00000364. The van der Waals surface area contributed by atoms with Crippen molar-refractivity contribution in [3.63, 3.8) is 0 Å². The molecule has 1 heterocycles. The van der Waals surface area contributed by atoms with Gasteiger partial charge in [-0.2, -0.15) is 0 Å². The van der Waals surface area contributed by atoms with Crippen molar-refractivity contribution >= 4 is 29.9 Å². The number of aliphatic imine (C=N–C) groups is 1. The van der Waals surface area contributed by atoms with Gasteiger partial charge < -0.3 is 20.1 Å². The van der Waals surface area contributed by atoms with E-state index >= 15 is 0 Å². The van der Waals surface area contributed by atoms with Crippen molar-refractivity contribution in [1.29, 1.82) is 0 Å². The summed E-state index contributed by atoms with van der Waals surface area (Å²) in [5, 5.41) is 6.64. The third-order valence-corrected chi connectivity index (χ3v) is 4.64. The van der Waals surface area contributed by atoms with Gasteiger partial charge in [-0.05, 0) is 31.5 Å². The number of guanidine groups is 1. The van der Waals surface area contributed by atoms with Crippen molar-refractivity contribution in [2.75, 3.05) is 53.6 Å². The fourth-order valence-electron chi connectivity index (χ4n) is 2.84. The zero-order valence-electron chi connectivity index (χ0n) is 16.6. The fourth-order valence-corrected chi connectivity index (χ4v) is 2.84. The number of methoxy groups -OCH3 is 1. The van der Waals surface area contributed by atoms with Crippen LogP contribution in [0.4, 0.5) is 4.39 Å². The minimum absolute atomic E-state index is 0. The van der Waals surface area contributed by atoms with Crippen LogP contribution in [0.25, 0.3) is 0 Å². The highest BCUT2D eigenvalue weighted by molar-refractivity contribution is 14.0. The highest BCUT2D eigenvalue weighted by Crippen LogP contribution is 2.22. The molecule has 0 aromatic heterocycles. The minimum atomic E-state index is -0.288. The number of hydrogen-bond acceptors (Lipinski definition) is 4. The summed E-state index contributed by atoms with van der Waals surface area (Å²) >= 11 is 0. The molecule has 0 radical (unpaired) electrons. The van der Waals surface area contributed by atoms with Crippen LogP contribution in [0.5, 0.6) is 0 Å². The van der Waals surface area contributed by atoms with Crippen LogP contribution in [0.2, 0.25) is 0 Å². The second kappa shape index (κ2) is 11.8. The average molecular weight is 494 g/mol. The summed E-state index contributed by atoms with van der Waals surface area (Å²) in [5.74, 6) is 0.481. The first-order valence-corrected chi connectivity index (χ1v) is 9.02. The zero-order valence-corrected chi connectivity index (χ0v) is 19.0. The Bertz CT molecular complexity index is 595. The van der Waals surface area contributed by atoms with E-state index in [9.17, 15) is 4.39 Å². The van der Waals surface area contributed by atoms with E-state index in [1.54, 1.807) is 26.3 Å². The molecule has 1 atom stereocenters. The summed E-state index contributed by atoms with van der Waals surface area (Å²) < 4.78 is 24.6. The first-order valence-electron chi connectivity index (χ1n) is 9.02. The number of hydrogen-bond donors (Lipinski definition) is 2. The first-order chi connectivity index (χ1) is 12.4. The normalized spacial score (nSPS) is 17.1. The van der Waals surface area contributed by atoms with E-state index in [4.69, 9.17) is 9.47 Å². The fraction of sp³-hybridized carbons (Fsp3) is 0.632. The van der Waals surface area contributed by atoms with E-state index in [1.165, 1.54) is 6.07 Å². The third-order valence-electron chi connectivity index (χ3n) is 4.64. The molecule has 1 aliphatic rings. The summed E-state index contributed by atoms with van der Waals surface area (Å²) in [6, 6.07) is 6.84. The van der Waals surface area contributed by atoms with Gasteiger partial charge in [-0.3, -0.25) is 9.89 Å². The standard InChI is InChI=1S/C19H31FN4O2.HI/c1-19(2,25-4)14-23-18(21-3)22-13-17(24-8-10-26-11-9-24)15-6-5-7-16(20)12-15;/h5-7,12,17H,8-11,13-14H2,1-4H3,(H2,21,22,23);1H. The van der Waals surface area contributed by atoms with Crippen molar-refractivity contribution in [1.82, 2.24) is 15.5 Å². The van der Waals surface area contributed by atoms with Crippen LogP contribution in [0, 0.1) is 5.82 Å². The Morgan fingerprint density at radius 3 is 2.63 bits per heavy atom. The second-order valence-corrected chi connectivity index (χ2v) is 6.99. The summed E-state index contributed by atoms with van der Waals surface area (Å²) in [4.78, 5) is 6.59. The predicted octanol–water partition coefficient (Wildman–Crippen LogP) is 2.41. The molecule has 1 aromatic rings. The van der Waals surface area contributed by atoms with Gasteiger partial charge in [0.1, 0.15) is 5.82 Å². The summed E-state index contributed by atoms with van der Waals surface area (Å²) in [7, 11) is 3.43. The maximum absolute atomic E-state index is 13.7. The van der Waals surface area contributed by atoms with Gasteiger partial charge in [0.2, 0.25) is 0 Å². The van der Waals surface area contributed by atoms with E-state index < -0.39 is 0 Å². The van der Waals surface area contributed by atoms with Crippen LogP contribution in [0.15, 0.2) is 29.3 Å². The third kappa shape index (κ3) is 7.89. The molecule has 8 heteroatoms. The maximum atomic E-state index is 13.7. The van der Waals surface area contributed by atoms with Crippen LogP contribution < -0.4 is 10.6 Å². The number of ether oxygens (including phenoxy) is 2. The molecule has 1 saturated heterocycles. The lowest BCUT2D eigenvalue weighted by atomic mass is 10.0. The van der Waals surface area contributed by atoms with Gasteiger partial charge in [-0.15, -0.1) is 24.0 Å². The molecule has 0 amide bonds. The van der Waals surface area contributed by atoms with E-state index in [0.29, 0.717) is 32.3 Å². The Morgan fingerprint density at radius 1 is 1.33 bits per heavy atom. The monoisotopic (exact) mass is 494 g/mol. The van der Waals surface area contributed by atoms with Crippen molar-refractivity contribution in [2.24, 2.45) is 4.99 Å². The SMILES string of the molecule is CN=C(NCC(c1cccc(F)c1)N1CCOCC1)NCC(C)(C)OC.I. The summed E-state index contributed by atoms with van der Waals surface area (Å²) in [5.41, 5.74) is 0.663. The lowest BCUT2D eigenvalue weighted by molar-refractivity contribution is 0.0167. The topological polar surface area (TPSA) is 58.1 Å². The molecule has 0 aliphatic carbocycles. The first kappa shape index (κ1) is 24.1. The van der Waals surface area contributed by atoms with Gasteiger partial charge in [0.05, 0.1) is 24.9 Å². The zero-order chi connectivity index (χ0) is 19.0. The van der Waals surface area contributed by atoms with E-state index in [-0.39, 0.29) is 41.4 Å². The summed E-state index contributed by atoms with van der Waals surface area (Å²) in [6.07, 6.45) is 0.